The molecule has 54 valence electrons. The second-order valence-corrected chi connectivity index (χ2v) is 2.03. The van der Waals surface area contributed by atoms with Crippen LogP contribution in [-0.2, 0) is 4.84 Å². The third-order valence-electron chi connectivity index (χ3n) is 0.900. The molecule has 0 aromatic rings. The monoisotopic (exact) mass is 129 g/mol. The third kappa shape index (κ3) is 7.66. The van der Waals surface area contributed by atoms with E-state index in [1.54, 1.807) is 0 Å². The highest BCUT2D eigenvalue weighted by Crippen LogP contribution is 1.91. The van der Waals surface area contributed by atoms with Crippen LogP contribution in [0.3, 0.4) is 0 Å². The maximum absolute atomic E-state index is 4.89. The van der Waals surface area contributed by atoms with Crippen LogP contribution in [0.4, 0.5) is 0 Å². The maximum atomic E-state index is 4.89. The minimum Gasteiger partial charge on any atom is -0.302 e. The van der Waals surface area contributed by atoms with E-state index in [1.165, 1.54) is 5.57 Å². The Balaban J connectivity index is 2.83. The van der Waals surface area contributed by atoms with Crippen LogP contribution in [0.1, 0.15) is 20.3 Å². The van der Waals surface area contributed by atoms with Crippen molar-refractivity contribution in [1.82, 2.24) is 5.48 Å². The van der Waals surface area contributed by atoms with Crippen molar-refractivity contribution < 1.29 is 4.84 Å². The molecule has 0 amide bonds. The van der Waals surface area contributed by atoms with Gasteiger partial charge in [0.15, 0.2) is 0 Å². The van der Waals surface area contributed by atoms with Gasteiger partial charge in [-0.3, -0.25) is 0 Å². The lowest BCUT2D eigenvalue weighted by Crippen LogP contribution is -2.15. The molecule has 2 heteroatoms. The van der Waals surface area contributed by atoms with E-state index in [4.69, 9.17) is 4.84 Å². The summed E-state index contributed by atoms with van der Waals surface area (Å²) in [4.78, 5) is 4.89. The second kappa shape index (κ2) is 5.79. The van der Waals surface area contributed by atoms with E-state index in [0.29, 0.717) is 0 Å². The lowest BCUT2D eigenvalue weighted by Gasteiger charge is -2.01. The van der Waals surface area contributed by atoms with Crippen molar-refractivity contribution in [2.45, 2.75) is 20.3 Å². The lowest BCUT2D eigenvalue weighted by molar-refractivity contribution is 0.0519. The van der Waals surface area contributed by atoms with Crippen molar-refractivity contribution in [3.63, 3.8) is 0 Å². The predicted octanol–water partition coefficient (Wildman–Crippen LogP) is 1.49. The summed E-state index contributed by atoms with van der Waals surface area (Å²) in [6, 6.07) is 0. The van der Waals surface area contributed by atoms with Gasteiger partial charge in [-0.05, 0) is 20.3 Å². The molecule has 0 fully saturated rings. The molecule has 0 bridgehead atoms. The van der Waals surface area contributed by atoms with Gasteiger partial charge < -0.3 is 4.84 Å². The van der Waals surface area contributed by atoms with Gasteiger partial charge in [0.05, 0.1) is 6.61 Å². The molecule has 0 saturated carbocycles. The smallest absolute Gasteiger partial charge is 0.0653 e. The number of hydrogen-bond acceptors (Lipinski definition) is 2. The molecule has 9 heavy (non-hydrogen) atoms. The molecule has 2 nitrogen and oxygen atoms in total. The first-order valence-electron chi connectivity index (χ1n) is 3.26. The van der Waals surface area contributed by atoms with Gasteiger partial charge in [-0.15, -0.1) is 6.58 Å². The number of hydrogen-bond donors (Lipinski definition) is 1. The van der Waals surface area contributed by atoms with Crippen LogP contribution in [0.15, 0.2) is 12.2 Å². The van der Waals surface area contributed by atoms with Crippen LogP contribution in [0.5, 0.6) is 0 Å². The second-order valence-electron chi connectivity index (χ2n) is 2.03. The highest BCUT2D eigenvalue weighted by atomic mass is 16.6. The van der Waals surface area contributed by atoms with Crippen molar-refractivity contribution in [3.8, 4) is 0 Å². The van der Waals surface area contributed by atoms with Gasteiger partial charge in [-0.1, -0.05) is 5.57 Å². The van der Waals surface area contributed by atoms with Gasteiger partial charge in [-0.25, -0.2) is 5.48 Å². The Morgan fingerprint density at radius 2 is 2.33 bits per heavy atom. The first kappa shape index (κ1) is 8.66. The van der Waals surface area contributed by atoms with Crippen LogP contribution in [0.25, 0.3) is 0 Å². The zero-order chi connectivity index (χ0) is 7.11. The summed E-state index contributed by atoms with van der Waals surface area (Å²) in [6.45, 7) is 9.30. The largest absolute Gasteiger partial charge is 0.302 e. The fraction of sp³-hybridized carbons (Fsp3) is 0.714. The van der Waals surface area contributed by atoms with E-state index in [1.807, 2.05) is 13.8 Å². The molecule has 0 aromatic heterocycles. The third-order valence-corrected chi connectivity index (χ3v) is 0.900. The summed E-state index contributed by atoms with van der Waals surface area (Å²) in [6.07, 6.45) is 0.986. The molecule has 0 aliphatic heterocycles. The van der Waals surface area contributed by atoms with Gasteiger partial charge >= 0.3 is 0 Å². The minimum atomic E-state index is 0.718. The van der Waals surface area contributed by atoms with Gasteiger partial charge in [0.25, 0.3) is 0 Å². The minimum absolute atomic E-state index is 0.718. The topological polar surface area (TPSA) is 21.3 Å². The summed E-state index contributed by atoms with van der Waals surface area (Å²) >= 11 is 0. The quantitative estimate of drug-likeness (QED) is 0.345. The van der Waals surface area contributed by atoms with E-state index in [-0.39, 0.29) is 0 Å². The Kier molecular flexibility index (Phi) is 5.57. The fourth-order valence-corrected chi connectivity index (χ4v) is 0.439. The van der Waals surface area contributed by atoms with Gasteiger partial charge in [0.2, 0.25) is 0 Å². The lowest BCUT2D eigenvalue weighted by atomic mass is 10.2. The highest BCUT2D eigenvalue weighted by Gasteiger charge is 1.84. The molecule has 0 atom stereocenters. The molecule has 0 radical (unpaired) electrons. The van der Waals surface area contributed by atoms with Crippen molar-refractivity contribution in [2.75, 3.05) is 13.2 Å². The first-order valence-corrected chi connectivity index (χ1v) is 3.26. The SMILES string of the molecule is C=C(C)CCNOCC. The van der Waals surface area contributed by atoms with E-state index in [0.717, 1.165) is 19.6 Å². The molecular weight excluding hydrogens is 114 g/mol. The Morgan fingerprint density at radius 1 is 1.67 bits per heavy atom. The number of hydroxylamine groups is 1. The zero-order valence-electron chi connectivity index (χ0n) is 6.24. The molecule has 0 aliphatic rings. The van der Waals surface area contributed by atoms with Gasteiger partial charge in [0.1, 0.15) is 0 Å². The van der Waals surface area contributed by atoms with Crippen LogP contribution in [0, 0.1) is 0 Å². The van der Waals surface area contributed by atoms with E-state index in [2.05, 4.69) is 12.1 Å². The summed E-state index contributed by atoms with van der Waals surface area (Å²) < 4.78 is 0. The molecule has 0 heterocycles. The molecule has 0 unspecified atom stereocenters. The molecule has 0 spiro atoms. The number of rotatable bonds is 5. The Labute approximate surface area is 56.9 Å². The average molecular weight is 129 g/mol. The standard InChI is InChI=1S/C7H15NO/c1-4-9-8-6-5-7(2)3/h8H,2,4-6H2,1,3H3. The molecule has 0 aromatic carbocycles. The zero-order valence-corrected chi connectivity index (χ0v) is 6.24. The molecule has 0 saturated heterocycles. The molecular formula is C7H15NO. The van der Waals surface area contributed by atoms with Crippen molar-refractivity contribution >= 4 is 0 Å². The Bertz CT molecular complexity index is 81.0. The number of nitrogens with one attached hydrogen (secondary N) is 1. The first-order chi connectivity index (χ1) is 4.27. The normalized spacial score (nSPS) is 9.56. The summed E-state index contributed by atoms with van der Waals surface area (Å²) in [5.41, 5.74) is 3.99. The van der Waals surface area contributed by atoms with E-state index >= 15 is 0 Å². The van der Waals surface area contributed by atoms with Gasteiger partial charge in [-0.2, -0.15) is 0 Å². The van der Waals surface area contributed by atoms with Crippen LogP contribution in [-0.4, -0.2) is 13.2 Å². The van der Waals surface area contributed by atoms with Crippen LogP contribution < -0.4 is 5.48 Å². The average Bonchev–Trinajstić information content (AvgIpc) is 1.80. The maximum Gasteiger partial charge on any atom is 0.0653 e. The molecule has 1 N–H and O–H groups in total. The fourth-order valence-electron chi connectivity index (χ4n) is 0.439. The van der Waals surface area contributed by atoms with E-state index in [9.17, 15) is 0 Å². The van der Waals surface area contributed by atoms with Gasteiger partial charge in [0, 0.05) is 6.54 Å². The Morgan fingerprint density at radius 3 is 2.78 bits per heavy atom. The van der Waals surface area contributed by atoms with Crippen LogP contribution >= 0.6 is 0 Å². The molecule has 0 rings (SSSR count). The van der Waals surface area contributed by atoms with E-state index < -0.39 is 0 Å². The van der Waals surface area contributed by atoms with Crippen molar-refractivity contribution in [2.24, 2.45) is 0 Å². The summed E-state index contributed by atoms with van der Waals surface area (Å²) in [5, 5.41) is 0. The summed E-state index contributed by atoms with van der Waals surface area (Å²) in [5.74, 6) is 0. The Hall–Kier alpha value is -0.340. The van der Waals surface area contributed by atoms with Crippen molar-refractivity contribution in [3.05, 3.63) is 12.2 Å². The predicted molar refractivity (Wildman–Crippen MR) is 39.1 cm³/mol. The van der Waals surface area contributed by atoms with Crippen LogP contribution in [0.2, 0.25) is 0 Å². The summed E-state index contributed by atoms with van der Waals surface area (Å²) in [7, 11) is 0. The van der Waals surface area contributed by atoms with Crippen molar-refractivity contribution in [1.29, 1.82) is 0 Å². The highest BCUT2D eigenvalue weighted by molar-refractivity contribution is 4.87. The molecule has 0 aliphatic carbocycles.